The summed E-state index contributed by atoms with van der Waals surface area (Å²) in [5.41, 5.74) is 3.07. The summed E-state index contributed by atoms with van der Waals surface area (Å²) in [5, 5.41) is 9.11. The van der Waals surface area contributed by atoms with Gasteiger partial charge in [0, 0.05) is 56.4 Å². The fraction of sp³-hybridized carbons (Fsp3) is 0.523. The van der Waals surface area contributed by atoms with E-state index < -0.39 is 35.7 Å². The van der Waals surface area contributed by atoms with Gasteiger partial charge in [-0.2, -0.15) is 5.10 Å². The summed E-state index contributed by atoms with van der Waals surface area (Å²) >= 11 is 0. The van der Waals surface area contributed by atoms with Gasteiger partial charge in [-0.25, -0.2) is 18.6 Å². The second-order valence-electron chi connectivity index (χ2n) is 16.7. The number of amides is 3. The van der Waals surface area contributed by atoms with E-state index in [0.717, 1.165) is 88.1 Å². The van der Waals surface area contributed by atoms with Gasteiger partial charge in [0.2, 0.25) is 17.7 Å². The van der Waals surface area contributed by atoms with Gasteiger partial charge in [-0.05, 0) is 113 Å². The Bertz CT molecular complexity index is 2390. The maximum atomic E-state index is 14.1. The Kier molecular flexibility index (Phi) is 13.1. The van der Waals surface area contributed by atoms with E-state index in [2.05, 4.69) is 37.6 Å². The van der Waals surface area contributed by atoms with Gasteiger partial charge < -0.3 is 23.8 Å². The quantitative estimate of drug-likeness (QED) is 0.0643. The van der Waals surface area contributed by atoms with E-state index >= 15 is 0 Å². The number of hydrogen-bond donors (Lipinski definition) is 2. The third-order valence-corrected chi connectivity index (χ3v) is 12.1. The van der Waals surface area contributed by atoms with Crippen LogP contribution >= 0.6 is 0 Å². The van der Waals surface area contributed by atoms with E-state index in [4.69, 9.17) is 13.6 Å². The molecule has 5 aromatic rings. The van der Waals surface area contributed by atoms with Crippen molar-refractivity contribution in [2.75, 3.05) is 38.7 Å². The third kappa shape index (κ3) is 10.5. The lowest BCUT2D eigenvalue weighted by Crippen LogP contribution is -2.43. The zero-order chi connectivity index (χ0) is 42.5. The molecule has 1 aromatic carbocycles. The molecule has 1 atom stereocenters. The predicted octanol–water partition coefficient (Wildman–Crippen LogP) is 7.05. The molecule has 0 radical (unpaired) electrons. The molecule has 1 unspecified atom stereocenters. The fourth-order valence-corrected chi connectivity index (χ4v) is 8.55. The predicted molar refractivity (Wildman–Crippen MR) is 220 cm³/mol. The summed E-state index contributed by atoms with van der Waals surface area (Å²) in [7, 11) is 2.10. The number of halogens is 2. The highest BCUT2D eigenvalue weighted by Crippen LogP contribution is 2.36. The summed E-state index contributed by atoms with van der Waals surface area (Å²) < 4.78 is 48.1. The summed E-state index contributed by atoms with van der Waals surface area (Å²) in [4.78, 5) is 60.7. The minimum absolute atomic E-state index is 0.0125. The van der Waals surface area contributed by atoms with Gasteiger partial charge in [0.15, 0.2) is 17.0 Å². The maximum Gasteiger partial charge on any atom is 0.420 e. The van der Waals surface area contributed by atoms with Crippen LogP contribution < -0.4 is 16.4 Å². The Labute approximate surface area is 351 Å². The first-order chi connectivity index (χ1) is 29.6. The summed E-state index contributed by atoms with van der Waals surface area (Å²) in [5.74, 6) is -0.577. The van der Waals surface area contributed by atoms with Gasteiger partial charge >= 0.3 is 5.76 Å². The zero-order valence-electron chi connectivity index (χ0n) is 34.3. The number of alkyl halides is 2. The van der Waals surface area contributed by atoms with Crippen LogP contribution in [0.3, 0.4) is 0 Å². The molecule has 17 heteroatoms. The number of hydrogen-bond acceptors (Lipinski definition) is 11. The number of imide groups is 1. The number of oxazole rings is 2. The number of carbonyl (C=O) groups excluding carboxylic acids is 3. The molecule has 1 aliphatic heterocycles. The Hall–Kier alpha value is -5.55. The standard InChI is InChI=1S/C44H52F2N8O7/c1-52(19-3-21-59-20-2-4-28-10-14-35-37(22-28)61-44(58)54(35)36-15-16-38(55)50-42(36)57)24-29-8-12-32(13-9-29)53-25-33(39(51-53)40(45)46)48-41(56)34-26-60-43(49-34)30-17-18-47-31(23-30)11-7-27-5-6-27/h10,14,17-18,22-23,25-27,29,32,36,40H,2-9,11-13,15-16,19-21,24H2,1H3,(H,48,56)(H,50,55,57). The van der Waals surface area contributed by atoms with Crippen LogP contribution in [0.2, 0.25) is 0 Å². The molecule has 2 saturated carbocycles. The lowest BCUT2D eigenvalue weighted by molar-refractivity contribution is -0.135. The monoisotopic (exact) mass is 842 g/mol. The largest absolute Gasteiger partial charge is 0.444 e. The minimum atomic E-state index is -2.86. The molecule has 3 aliphatic rings. The van der Waals surface area contributed by atoms with Crippen LogP contribution in [0.5, 0.6) is 0 Å². The van der Waals surface area contributed by atoms with Crippen molar-refractivity contribution in [1.29, 1.82) is 0 Å². The Morgan fingerprint density at radius 2 is 1.82 bits per heavy atom. The van der Waals surface area contributed by atoms with E-state index in [1.54, 1.807) is 23.0 Å². The molecule has 5 heterocycles. The van der Waals surface area contributed by atoms with Crippen LogP contribution in [0.25, 0.3) is 22.6 Å². The van der Waals surface area contributed by atoms with Gasteiger partial charge in [-0.1, -0.05) is 18.9 Å². The Morgan fingerprint density at radius 1 is 1.02 bits per heavy atom. The van der Waals surface area contributed by atoms with Crippen LogP contribution in [0.15, 0.2) is 62.6 Å². The number of aryl methyl sites for hydroxylation is 2. The molecule has 2 aliphatic carbocycles. The average Bonchev–Trinajstić information content (AvgIpc) is 3.60. The number of anilines is 1. The van der Waals surface area contributed by atoms with E-state index in [-0.39, 0.29) is 42.1 Å². The highest BCUT2D eigenvalue weighted by Gasteiger charge is 2.32. The summed E-state index contributed by atoms with van der Waals surface area (Å²) in [6.45, 7) is 3.04. The highest BCUT2D eigenvalue weighted by atomic mass is 19.3. The van der Waals surface area contributed by atoms with Crippen LogP contribution in [0.1, 0.15) is 117 Å². The SMILES string of the molecule is CN(CCCOCCCc1ccc2c(c1)oc(=O)n2C1CCC(=O)NC1=O)CC1CCC(n2cc(NC(=O)c3coc(-c4ccnc(CCC5CC5)c4)n3)c(C(F)F)n2)CC1. The molecule has 3 fully saturated rings. The first-order valence-corrected chi connectivity index (χ1v) is 21.4. The van der Waals surface area contributed by atoms with E-state index in [9.17, 15) is 28.0 Å². The van der Waals surface area contributed by atoms with Crippen molar-refractivity contribution in [3.05, 3.63) is 82.2 Å². The molecule has 61 heavy (non-hydrogen) atoms. The summed E-state index contributed by atoms with van der Waals surface area (Å²) in [6.07, 6.45) is 12.4. The first-order valence-electron chi connectivity index (χ1n) is 21.4. The van der Waals surface area contributed by atoms with Gasteiger partial charge in [0.05, 0.1) is 17.2 Å². The van der Waals surface area contributed by atoms with E-state index in [1.165, 1.54) is 29.9 Å². The number of benzene rings is 1. The Morgan fingerprint density at radius 3 is 2.61 bits per heavy atom. The second kappa shape index (κ2) is 19.0. The van der Waals surface area contributed by atoms with Crippen LogP contribution in [0.4, 0.5) is 14.5 Å². The fourth-order valence-electron chi connectivity index (χ4n) is 8.55. The van der Waals surface area contributed by atoms with Crippen molar-refractivity contribution in [3.8, 4) is 11.5 Å². The molecule has 2 N–H and O–H groups in total. The maximum absolute atomic E-state index is 14.1. The average molecular weight is 843 g/mol. The van der Waals surface area contributed by atoms with E-state index in [0.29, 0.717) is 35.8 Å². The van der Waals surface area contributed by atoms with Crippen molar-refractivity contribution >= 4 is 34.5 Å². The van der Waals surface area contributed by atoms with Gasteiger partial charge in [0.25, 0.3) is 12.3 Å². The van der Waals surface area contributed by atoms with Gasteiger partial charge in [0.1, 0.15) is 12.3 Å². The molecule has 15 nitrogen and oxygen atoms in total. The number of pyridine rings is 1. The Balaban J connectivity index is 0.735. The third-order valence-electron chi connectivity index (χ3n) is 12.1. The molecular formula is C44H52F2N8O7. The topological polar surface area (TPSA) is 180 Å². The van der Waals surface area contributed by atoms with Crippen LogP contribution in [0, 0.1) is 11.8 Å². The molecule has 0 bridgehead atoms. The number of fused-ring (bicyclic) bond motifs is 1. The second-order valence-corrected chi connectivity index (χ2v) is 16.7. The normalized spacial score (nSPS) is 19.6. The molecule has 8 rings (SSSR count). The van der Waals surface area contributed by atoms with Crippen molar-refractivity contribution in [2.45, 2.75) is 102 Å². The van der Waals surface area contributed by atoms with Crippen molar-refractivity contribution in [2.24, 2.45) is 11.8 Å². The minimum Gasteiger partial charge on any atom is -0.444 e. The molecule has 324 valence electrons. The van der Waals surface area contributed by atoms with Crippen LogP contribution in [-0.2, 0) is 27.2 Å². The zero-order valence-corrected chi connectivity index (χ0v) is 34.3. The number of aromatic nitrogens is 5. The molecule has 4 aromatic heterocycles. The summed E-state index contributed by atoms with van der Waals surface area (Å²) in [6, 6.07) is 8.38. The van der Waals surface area contributed by atoms with Gasteiger partial charge in [-0.15, -0.1) is 0 Å². The molecule has 1 saturated heterocycles. The van der Waals surface area contributed by atoms with Gasteiger partial charge in [-0.3, -0.25) is 33.9 Å². The first kappa shape index (κ1) is 42.2. The smallest absolute Gasteiger partial charge is 0.420 e. The molecule has 3 amide bonds. The lowest BCUT2D eigenvalue weighted by atomic mass is 9.86. The molecule has 0 spiro atoms. The number of nitrogens with zero attached hydrogens (tertiary/aromatic N) is 6. The van der Waals surface area contributed by atoms with Crippen molar-refractivity contribution in [1.82, 2.24) is 34.5 Å². The molecular weight excluding hydrogens is 791 g/mol. The van der Waals surface area contributed by atoms with Crippen molar-refractivity contribution < 1.29 is 36.7 Å². The lowest BCUT2D eigenvalue weighted by Gasteiger charge is -2.31. The highest BCUT2D eigenvalue weighted by molar-refractivity contribution is 6.03. The van der Waals surface area contributed by atoms with Crippen molar-refractivity contribution in [3.63, 3.8) is 0 Å². The number of rotatable bonds is 19. The number of nitrogens with one attached hydrogen (secondary N) is 2. The van der Waals surface area contributed by atoms with E-state index in [1.807, 2.05) is 18.2 Å². The number of carbonyl (C=O) groups is 3. The van der Waals surface area contributed by atoms with Crippen LogP contribution in [-0.4, -0.2) is 80.3 Å². The number of ether oxygens (including phenoxy) is 1. The number of piperidine rings is 1.